The van der Waals surface area contributed by atoms with Crippen LogP contribution in [0.25, 0.3) is 5.57 Å². The molecule has 0 radical (unpaired) electrons. The molecule has 1 rings (SSSR count). The quantitative estimate of drug-likeness (QED) is 0.782. The molecular weight excluding hydrogens is 182 g/mol. The fourth-order valence-electron chi connectivity index (χ4n) is 1.09. The Labute approximate surface area is 84.4 Å². The third-order valence-corrected chi connectivity index (χ3v) is 2.16. The first-order chi connectivity index (χ1) is 6.24. The molecule has 0 spiro atoms. The van der Waals surface area contributed by atoms with Crippen molar-refractivity contribution in [3.8, 4) is 0 Å². The Hall–Kier alpha value is -0.790. The minimum absolute atomic E-state index is 0.783. The van der Waals surface area contributed by atoms with E-state index in [0.717, 1.165) is 11.6 Å². The first kappa shape index (κ1) is 10.3. The van der Waals surface area contributed by atoms with Gasteiger partial charge in [-0.25, -0.2) is 0 Å². The van der Waals surface area contributed by atoms with Crippen LogP contribution in [-0.4, -0.2) is 13.6 Å². The Balaban J connectivity index is 2.77. The van der Waals surface area contributed by atoms with Crippen molar-refractivity contribution >= 4 is 17.2 Å². The van der Waals surface area contributed by atoms with Crippen LogP contribution in [0, 0.1) is 0 Å². The zero-order chi connectivity index (χ0) is 9.68. The molecule has 1 aromatic carbocycles. The van der Waals surface area contributed by atoms with Crippen molar-refractivity contribution in [1.82, 2.24) is 5.32 Å². The van der Waals surface area contributed by atoms with Gasteiger partial charge in [-0.2, -0.15) is 0 Å². The molecule has 0 bridgehead atoms. The van der Waals surface area contributed by atoms with E-state index < -0.39 is 0 Å². The standard InChI is InChI=1S/C11H14ClN/c1-9(7-8-13-2)10-3-5-11(12)6-4-10/h3-7,13H,8H2,1-2H3/b9-7-. The van der Waals surface area contributed by atoms with E-state index in [1.165, 1.54) is 11.1 Å². The number of rotatable bonds is 3. The Bertz CT molecular complexity index is 287. The number of hydrogen-bond acceptors (Lipinski definition) is 1. The molecule has 0 aliphatic heterocycles. The van der Waals surface area contributed by atoms with Gasteiger partial charge in [0, 0.05) is 11.6 Å². The lowest BCUT2D eigenvalue weighted by atomic mass is 10.1. The van der Waals surface area contributed by atoms with Gasteiger partial charge in [0.25, 0.3) is 0 Å². The van der Waals surface area contributed by atoms with E-state index in [1.807, 2.05) is 31.3 Å². The van der Waals surface area contributed by atoms with Crippen LogP contribution in [0.4, 0.5) is 0 Å². The zero-order valence-electron chi connectivity index (χ0n) is 7.97. The molecule has 13 heavy (non-hydrogen) atoms. The van der Waals surface area contributed by atoms with Gasteiger partial charge in [-0.15, -0.1) is 0 Å². The Kier molecular flexibility index (Phi) is 4.00. The van der Waals surface area contributed by atoms with Gasteiger partial charge in [0.1, 0.15) is 0 Å². The molecule has 0 heterocycles. The average molecular weight is 196 g/mol. The maximum absolute atomic E-state index is 5.79. The summed E-state index contributed by atoms with van der Waals surface area (Å²) in [6.07, 6.45) is 2.16. The first-order valence-electron chi connectivity index (χ1n) is 4.31. The summed E-state index contributed by atoms with van der Waals surface area (Å²) in [6, 6.07) is 7.88. The summed E-state index contributed by atoms with van der Waals surface area (Å²) in [5, 5.41) is 3.86. The van der Waals surface area contributed by atoms with Crippen LogP contribution in [0.3, 0.4) is 0 Å². The lowest BCUT2D eigenvalue weighted by Gasteiger charge is -2.01. The smallest absolute Gasteiger partial charge is 0.0406 e. The summed E-state index contributed by atoms with van der Waals surface area (Å²) in [5.41, 5.74) is 2.49. The van der Waals surface area contributed by atoms with Crippen molar-refractivity contribution in [1.29, 1.82) is 0 Å². The third kappa shape index (κ3) is 3.21. The maximum atomic E-state index is 5.79. The van der Waals surface area contributed by atoms with E-state index in [2.05, 4.69) is 18.3 Å². The number of halogens is 1. The second-order valence-corrected chi connectivity index (χ2v) is 3.39. The van der Waals surface area contributed by atoms with E-state index in [9.17, 15) is 0 Å². The third-order valence-electron chi connectivity index (χ3n) is 1.91. The highest BCUT2D eigenvalue weighted by molar-refractivity contribution is 6.30. The first-order valence-corrected chi connectivity index (χ1v) is 4.69. The van der Waals surface area contributed by atoms with Gasteiger partial charge in [-0.1, -0.05) is 29.8 Å². The molecule has 0 aromatic heterocycles. The van der Waals surface area contributed by atoms with Crippen LogP contribution in [-0.2, 0) is 0 Å². The van der Waals surface area contributed by atoms with Crippen molar-refractivity contribution in [3.05, 3.63) is 40.9 Å². The van der Waals surface area contributed by atoms with Gasteiger partial charge in [-0.3, -0.25) is 0 Å². The molecular formula is C11H14ClN. The highest BCUT2D eigenvalue weighted by atomic mass is 35.5. The molecule has 0 saturated carbocycles. The summed E-state index contributed by atoms with van der Waals surface area (Å²) in [4.78, 5) is 0. The molecule has 0 saturated heterocycles. The molecule has 2 heteroatoms. The second-order valence-electron chi connectivity index (χ2n) is 2.95. The van der Waals surface area contributed by atoms with Crippen LogP contribution >= 0.6 is 11.6 Å². The molecule has 0 amide bonds. The average Bonchev–Trinajstić information content (AvgIpc) is 2.15. The molecule has 0 atom stereocenters. The summed E-state index contributed by atoms with van der Waals surface area (Å²) >= 11 is 5.79. The molecule has 0 fully saturated rings. The van der Waals surface area contributed by atoms with E-state index >= 15 is 0 Å². The largest absolute Gasteiger partial charge is 0.316 e. The monoisotopic (exact) mass is 195 g/mol. The van der Waals surface area contributed by atoms with E-state index in [0.29, 0.717) is 0 Å². The molecule has 1 aromatic rings. The summed E-state index contributed by atoms with van der Waals surface area (Å²) in [7, 11) is 1.94. The molecule has 0 unspecified atom stereocenters. The lowest BCUT2D eigenvalue weighted by Crippen LogP contribution is -2.04. The fourth-order valence-corrected chi connectivity index (χ4v) is 1.21. The zero-order valence-corrected chi connectivity index (χ0v) is 8.73. The van der Waals surface area contributed by atoms with Crippen molar-refractivity contribution in [3.63, 3.8) is 0 Å². The summed E-state index contributed by atoms with van der Waals surface area (Å²) in [5.74, 6) is 0. The normalized spacial score (nSPS) is 11.8. The van der Waals surface area contributed by atoms with E-state index in [-0.39, 0.29) is 0 Å². The minimum Gasteiger partial charge on any atom is -0.316 e. The number of likely N-dealkylation sites (N-methyl/N-ethyl adjacent to an activating group) is 1. The van der Waals surface area contributed by atoms with Crippen molar-refractivity contribution in [2.75, 3.05) is 13.6 Å². The van der Waals surface area contributed by atoms with Gasteiger partial charge in [0.05, 0.1) is 0 Å². The highest BCUT2D eigenvalue weighted by Crippen LogP contribution is 2.16. The minimum atomic E-state index is 0.783. The number of benzene rings is 1. The van der Waals surface area contributed by atoms with Gasteiger partial charge in [0.2, 0.25) is 0 Å². The Morgan fingerprint density at radius 2 is 2.00 bits per heavy atom. The summed E-state index contributed by atoms with van der Waals surface area (Å²) in [6.45, 7) is 3.00. The lowest BCUT2D eigenvalue weighted by molar-refractivity contribution is 0.920. The Morgan fingerprint density at radius 1 is 1.38 bits per heavy atom. The van der Waals surface area contributed by atoms with Crippen molar-refractivity contribution < 1.29 is 0 Å². The second kappa shape index (κ2) is 5.05. The SMILES string of the molecule is CNC/C=C(/C)c1ccc(Cl)cc1. The molecule has 1 N–H and O–H groups in total. The molecule has 0 aliphatic carbocycles. The number of allylic oxidation sites excluding steroid dienone is 1. The van der Waals surface area contributed by atoms with Gasteiger partial charge < -0.3 is 5.32 Å². The highest BCUT2D eigenvalue weighted by Gasteiger charge is 1.93. The topological polar surface area (TPSA) is 12.0 Å². The van der Waals surface area contributed by atoms with Crippen molar-refractivity contribution in [2.45, 2.75) is 6.92 Å². The van der Waals surface area contributed by atoms with Crippen LogP contribution < -0.4 is 5.32 Å². The molecule has 70 valence electrons. The van der Waals surface area contributed by atoms with Crippen molar-refractivity contribution in [2.24, 2.45) is 0 Å². The van der Waals surface area contributed by atoms with Crippen LogP contribution in [0.15, 0.2) is 30.3 Å². The number of hydrogen-bond donors (Lipinski definition) is 1. The molecule has 1 nitrogen and oxygen atoms in total. The predicted molar refractivity (Wildman–Crippen MR) is 59.0 cm³/mol. The van der Waals surface area contributed by atoms with Crippen LogP contribution in [0.1, 0.15) is 12.5 Å². The predicted octanol–water partition coefficient (Wildman–Crippen LogP) is 2.96. The van der Waals surface area contributed by atoms with Crippen LogP contribution in [0.2, 0.25) is 5.02 Å². The van der Waals surface area contributed by atoms with E-state index in [1.54, 1.807) is 0 Å². The summed E-state index contributed by atoms with van der Waals surface area (Å²) < 4.78 is 0. The molecule has 0 aliphatic rings. The number of nitrogens with one attached hydrogen (secondary N) is 1. The van der Waals surface area contributed by atoms with Gasteiger partial charge in [0.15, 0.2) is 0 Å². The van der Waals surface area contributed by atoms with Gasteiger partial charge in [-0.05, 0) is 37.2 Å². The fraction of sp³-hybridized carbons (Fsp3) is 0.273. The van der Waals surface area contributed by atoms with E-state index in [4.69, 9.17) is 11.6 Å². The maximum Gasteiger partial charge on any atom is 0.0406 e. The Morgan fingerprint density at radius 3 is 2.54 bits per heavy atom. The van der Waals surface area contributed by atoms with Gasteiger partial charge >= 0.3 is 0 Å². The van der Waals surface area contributed by atoms with Crippen LogP contribution in [0.5, 0.6) is 0 Å².